The van der Waals surface area contributed by atoms with Crippen molar-refractivity contribution in [2.24, 2.45) is 0 Å². The largest absolute Gasteiger partial charge is 0.394 e. The molecule has 176 valence electrons. The summed E-state index contributed by atoms with van der Waals surface area (Å²) in [6, 6.07) is 0. The molecule has 0 unspecified atom stereocenters. The lowest BCUT2D eigenvalue weighted by molar-refractivity contribution is -0.338. The van der Waals surface area contributed by atoms with Crippen LogP contribution < -0.4 is 0 Å². The Hall–Kier alpha value is -0.160. The highest BCUT2D eigenvalue weighted by atomic mass is 32.2. The van der Waals surface area contributed by atoms with Crippen molar-refractivity contribution in [3.8, 4) is 0 Å². The minimum atomic E-state index is -1.70. The monoisotopic (exact) mass is 473 g/mol. The number of thiocarbonyl (C=S) groups is 1. The van der Waals surface area contributed by atoms with Crippen LogP contribution in [-0.2, 0) is 14.2 Å². The van der Waals surface area contributed by atoms with Gasteiger partial charge in [-0.1, -0.05) is 24.0 Å². The number of thioether (sulfide) groups is 1. The van der Waals surface area contributed by atoms with E-state index < -0.39 is 73.8 Å². The van der Waals surface area contributed by atoms with E-state index in [9.17, 15) is 35.7 Å². The third-order valence-electron chi connectivity index (χ3n) is 5.20. The molecular formula is C17H31NO10S2. The topological polar surface area (TPSA) is 173 Å². The van der Waals surface area contributed by atoms with Crippen LogP contribution in [0.2, 0.25) is 0 Å². The maximum atomic E-state index is 10.6. The van der Waals surface area contributed by atoms with Gasteiger partial charge in [-0.3, -0.25) is 0 Å². The molecule has 0 aromatic rings. The maximum absolute atomic E-state index is 10.6. The van der Waals surface area contributed by atoms with E-state index in [0.717, 1.165) is 11.8 Å². The molecule has 0 aromatic carbocycles. The van der Waals surface area contributed by atoms with Gasteiger partial charge in [0, 0.05) is 13.1 Å². The van der Waals surface area contributed by atoms with Crippen molar-refractivity contribution in [2.75, 3.05) is 26.3 Å². The number of ether oxygens (including phenoxy) is 3. The summed E-state index contributed by atoms with van der Waals surface area (Å²) in [4.78, 5) is 1.87. The molecule has 2 fully saturated rings. The Kier molecular flexibility index (Phi) is 10.1. The van der Waals surface area contributed by atoms with Crippen molar-refractivity contribution in [2.45, 2.75) is 74.4 Å². The molecule has 2 heterocycles. The minimum Gasteiger partial charge on any atom is -0.394 e. The van der Waals surface area contributed by atoms with Gasteiger partial charge in [0.15, 0.2) is 6.29 Å². The second-order valence-corrected chi connectivity index (χ2v) is 8.79. The van der Waals surface area contributed by atoms with Gasteiger partial charge < -0.3 is 54.9 Å². The van der Waals surface area contributed by atoms with E-state index in [2.05, 4.69) is 0 Å². The highest BCUT2D eigenvalue weighted by molar-refractivity contribution is 8.23. The minimum absolute atomic E-state index is 0.459. The summed E-state index contributed by atoms with van der Waals surface area (Å²) in [5.74, 6) is 0. The van der Waals surface area contributed by atoms with Crippen molar-refractivity contribution in [1.29, 1.82) is 0 Å². The summed E-state index contributed by atoms with van der Waals surface area (Å²) in [5, 5.41) is 70.0. The molecule has 0 saturated carbocycles. The van der Waals surface area contributed by atoms with Crippen LogP contribution in [0.5, 0.6) is 0 Å². The van der Waals surface area contributed by atoms with Crippen LogP contribution >= 0.6 is 24.0 Å². The molecule has 0 amide bonds. The number of rotatable bonds is 7. The van der Waals surface area contributed by atoms with E-state index >= 15 is 0 Å². The van der Waals surface area contributed by atoms with Gasteiger partial charge in [0.1, 0.15) is 58.6 Å². The predicted octanol–water partition coefficient (Wildman–Crippen LogP) is -3.03. The second kappa shape index (κ2) is 11.6. The number of aliphatic hydroxyl groups is 7. The average molecular weight is 474 g/mol. The molecule has 0 spiro atoms. The first-order chi connectivity index (χ1) is 14.2. The summed E-state index contributed by atoms with van der Waals surface area (Å²) in [6.45, 7) is 3.91. The number of hydrogen-bond acceptors (Lipinski definition) is 12. The molecule has 2 rings (SSSR count). The fourth-order valence-corrected chi connectivity index (χ4v) is 4.96. The zero-order chi connectivity index (χ0) is 22.6. The first-order valence-corrected chi connectivity index (χ1v) is 11.0. The number of aliphatic hydroxyl groups excluding tert-OH is 7. The molecule has 2 aliphatic rings. The maximum Gasteiger partial charge on any atom is 0.187 e. The quantitative estimate of drug-likeness (QED) is 0.186. The molecule has 10 atom stereocenters. The van der Waals surface area contributed by atoms with Gasteiger partial charge in [-0.15, -0.1) is 0 Å². The number of nitrogens with zero attached hydrogens (tertiary/aromatic N) is 1. The summed E-state index contributed by atoms with van der Waals surface area (Å²) in [5.41, 5.74) is -0.972. The fraction of sp³-hybridized carbons (Fsp3) is 0.941. The summed E-state index contributed by atoms with van der Waals surface area (Å²) >= 11 is 6.38. The van der Waals surface area contributed by atoms with Crippen molar-refractivity contribution in [3.05, 3.63) is 0 Å². The van der Waals surface area contributed by atoms with E-state index in [1.807, 2.05) is 18.7 Å². The van der Waals surface area contributed by atoms with Crippen LogP contribution in [0.4, 0.5) is 0 Å². The van der Waals surface area contributed by atoms with Crippen molar-refractivity contribution in [3.63, 3.8) is 0 Å². The van der Waals surface area contributed by atoms with E-state index in [1.165, 1.54) is 0 Å². The van der Waals surface area contributed by atoms with Gasteiger partial charge in [-0.05, 0) is 13.8 Å². The lowest BCUT2D eigenvalue weighted by atomic mass is 9.97. The lowest BCUT2D eigenvalue weighted by Gasteiger charge is -2.46. The highest BCUT2D eigenvalue weighted by Crippen LogP contribution is 2.33. The van der Waals surface area contributed by atoms with Crippen molar-refractivity contribution >= 4 is 28.3 Å². The first kappa shape index (κ1) is 26.1. The van der Waals surface area contributed by atoms with Gasteiger partial charge in [0.2, 0.25) is 0 Å². The second-order valence-electron chi connectivity index (χ2n) is 7.06. The van der Waals surface area contributed by atoms with Crippen LogP contribution in [0.3, 0.4) is 0 Å². The molecule has 7 N–H and O–H groups in total. The molecule has 11 nitrogen and oxygen atoms in total. The van der Waals surface area contributed by atoms with E-state index in [-0.39, 0.29) is 0 Å². The molecule has 30 heavy (non-hydrogen) atoms. The van der Waals surface area contributed by atoms with Crippen LogP contribution in [0, 0.1) is 0 Å². The van der Waals surface area contributed by atoms with E-state index in [1.54, 1.807) is 0 Å². The van der Waals surface area contributed by atoms with E-state index in [0.29, 0.717) is 17.4 Å². The Labute approximate surface area is 184 Å². The molecule has 0 bridgehead atoms. The molecule has 2 aliphatic heterocycles. The Morgan fingerprint density at radius 1 is 0.867 bits per heavy atom. The summed E-state index contributed by atoms with van der Waals surface area (Å²) in [7, 11) is 0. The standard InChI is InChI=1S/C17H31NO10S2/c1-3-18(4-2)17(29)30-16-13(25)11(23)14(8(6-20)27-16)28-15-12(24)10(22)9(21)7(5-19)26-15/h7-16,19-25H,3-6H2,1-2H3/t7-,8-,9+,10+,11-,12-,13-,14-,15+,16+/m1/s1. The van der Waals surface area contributed by atoms with Crippen LogP contribution in [0.25, 0.3) is 0 Å². The van der Waals surface area contributed by atoms with Crippen LogP contribution in [0.15, 0.2) is 0 Å². The Balaban J connectivity index is 2.10. The average Bonchev–Trinajstić information content (AvgIpc) is 2.74. The zero-order valence-corrected chi connectivity index (χ0v) is 18.4. The molecule has 0 aliphatic carbocycles. The third kappa shape index (κ3) is 5.60. The van der Waals surface area contributed by atoms with E-state index in [4.69, 9.17) is 26.4 Å². The normalized spacial score (nSPS) is 42.2. The smallest absolute Gasteiger partial charge is 0.187 e. The third-order valence-corrected chi connectivity index (χ3v) is 6.83. The van der Waals surface area contributed by atoms with Crippen LogP contribution in [-0.4, -0.2) is 132 Å². The first-order valence-electron chi connectivity index (χ1n) is 9.74. The Bertz CT molecular complexity index is 553. The van der Waals surface area contributed by atoms with Crippen molar-refractivity contribution < 1.29 is 50.0 Å². The van der Waals surface area contributed by atoms with Crippen LogP contribution in [0.1, 0.15) is 13.8 Å². The lowest BCUT2D eigenvalue weighted by Crippen LogP contribution is -2.64. The molecule has 2 saturated heterocycles. The van der Waals surface area contributed by atoms with Gasteiger partial charge >= 0.3 is 0 Å². The fourth-order valence-electron chi connectivity index (χ4n) is 3.31. The SMILES string of the molecule is CCN(CC)C(=S)S[C@@H]1O[C@H](CO)[C@@H](O[C@@H]2O[C@H](CO)[C@H](O)[C@H](O)[C@H]2O)[C@H](O)[C@H]1O. The summed E-state index contributed by atoms with van der Waals surface area (Å²) in [6.07, 6.45) is -13.1. The van der Waals surface area contributed by atoms with Gasteiger partial charge in [-0.2, -0.15) is 0 Å². The van der Waals surface area contributed by atoms with Gasteiger partial charge in [-0.25, -0.2) is 0 Å². The Morgan fingerprint density at radius 2 is 1.47 bits per heavy atom. The van der Waals surface area contributed by atoms with Gasteiger partial charge in [0.25, 0.3) is 0 Å². The molecule has 0 aromatic heterocycles. The molecule has 0 radical (unpaired) electrons. The molecule has 13 heteroatoms. The van der Waals surface area contributed by atoms with Crippen molar-refractivity contribution in [1.82, 2.24) is 4.90 Å². The summed E-state index contributed by atoms with van der Waals surface area (Å²) < 4.78 is 16.9. The highest BCUT2D eigenvalue weighted by Gasteiger charge is 2.50. The zero-order valence-electron chi connectivity index (χ0n) is 16.7. The Morgan fingerprint density at radius 3 is 2.00 bits per heavy atom. The molecular weight excluding hydrogens is 442 g/mol. The predicted molar refractivity (Wildman–Crippen MR) is 110 cm³/mol. The number of hydrogen-bond donors (Lipinski definition) is 7. The van der Waals surface area contributed by atoms with Gasteiger partial charge in [0.05, 0.1) is 13.2 Å².